The summed E-state index contributed by atoms with van der Waals surface area (Å²) in [5, 5.41) is 4.38. The van der Waals surface area contributed by atoms with Gasteiger partial charge in [0.25, 0.3) is 0 Å². The van der Waals surface area contributed by atoms with Crippen molar-refractivity contribution in [2.45, 2.75) is 25.7 Å². The fourth-order valence-electron chi connectivity index (χ4n) is 2.40. The third kappa shape index (κ3) is 2.12. The van der Waals surface area contributed by atoms with E-state index in [1.54, 1.807) is 4.52 Å². The number of nitrogens with zero attached hydrogens (tertiary/aromatic N) is 3. The maximum absolute atomic E-state index is 11.6. The normalized spacial score (nSPS) is 23.3. The molecule has 0 radical (unpaired) electrons. The number of rotatable bonds is 1. The summed E-state index contributed by atoms with van der Waals surface area (Å²) in [7, 11) is -2.91. The molecule has 1 unspecified atom stereocenters. The highest BCUT2D eigenvalue weighted by Crippen LogP contribution is 2.26. The number of sulfone groups is 1. The SMILES string of the molecule is Cc1ccn2nc(C3CCCS(=O)(=O)C3)nc2c1. The van der Waals surface area contributed by atoms with Gasteiger partial charge in [-0.1, -0.05) is 0 Å². The summed E-state index contributed by atoms with van der Waals surface area (Å²) in [4.78, 5) is 4.45. The Morgan fingerprint density at radius 2 is 2.28 bits per heavy atom. The van der Waals surface area contributed by atoms with Crippen LogP contribution in [0.25, 0.3) is 5.65 Å². The lowest BCUT2D eigenvalue weighted by Gasteiger charge is -2.18. The van der Waals surface area contributed by atoms with Crippen molar-refractivity contribution in [1.29, 1.82) is 0 Å². The number of fused-ring (bicyclic) bond motifs is 1. The van der Waals surface area contributed by atoms with Crippen molar-refractivity contribution in [1.82, 2.24) is 14.6 Å². The van der Waals surface area contributed by atoms with Crippen molar-refractivity contribution < 1.29 is 8.42 Å². The molecule has 1 fully saturated rings. The number of aryl methyl sites for hydroxylation is 1. The molecule has 2 aromatic rings. The summed E-state index contributed by atoms with van der Waals surface area (Å²) in [5.41, 5.74) is 1.91. The fraction of sp³-hybridized carbons (Fsp3) is 0.500. The summed E-state index contributed by atoms with van der Waals surface area (Å²) in [6.45, 7) is 2.00. The fourth-order valence-corrected chi connectivity index (χ4v) is 4.10. The lowest BCUT2D eigenvalue weighted by Crippen LogP contribution is -2.24. The molecule has 0 N–H and O–H groups in total. The second kappa shape index (κ2) is 4.05. The Balaban J connectivity index is 1.99. The minimum atomic E-state index is -2.91. The van der Waals surface area contributed by atoms with Crippen LogP contribution in [0.2, 0.25) is 0 Å². The van der Waals surface area contributed by atoms with E-state index in [1.165, 1.54) is 0 Å². The van der Waals surface area contributed by atoms with E-state index in [1.807, 2.05) is 25.3 Å². The Labute approximate surface area is 106 Å². The van der Waals surface area contributed by atoms with Crippen molar-refractivity contribution in [2.24, 2.45) is 0 Å². The number of aromatic nitrogens is 3. The molecule has 1 aliphatic heterocycles. The third-order valence-corrected chi connectivity index (χ3v) is 5.16. The Morgan fingerprint density at radius 1 is 1.44 bits per heavy atom. The second-order valence-electron chi connectivity index (χ2n) is 4.93. The van der Waals surface area contributed by atoms with Gasteiger partial charge < -0.3 is 0 Å². The highest BCUT2D eigenvalue weighted by molar-refractivity contribution is 7.91. The van der Waals surface area contributed by atoms with Crippen LogP contribution in [-0.4, -0.2) is 34.5 Å². The van der Waals surface area contributed by atoms with Crippen LogP contribution in [0, 0.1) is 6.92 Å². The zero-order valence-corrected chi connectivity index (χ0v) is 11.0. The molecule has 3 rings (SSSR count). The number of pyridine rings is 1. The molecule has 0 bridgehead atoms. The summed E-state index contributed by atoms with van der Waals surface area (Å²) in [6.07, 6.45) is 3.43. The average molecular weight is 265 g/mol. The van der Waals surface area contributed by atoms with Crippen LogP contribution in [0.5, 0.6) is 0 Å². The van der Waals surface area contributed by atoms with Crippen LogP contribution in [0.3, 0.4) is 0 Å². The van der Waals surface area contributed by atoms with E-state index in [0.717, 1.165) is 17.6 Å². The van der Waals surface area contributed by atoms with Gasteiger partial charge in [-0.05, 0) is 37.5 Å². The van der Waals surface area contributed by atoms with Crippen LogP contribution in [0.15, 0.2) is 18.3 Å². The predicted octanol–water partition coefficient (Wildman–Crippen LogP) is 1.33. The van der Waals surface area contributed by atoms with Gasteiger partial charge in [-0.3, -0.25) is 0 Å². The van der Waals surface area contributed by atoms with Crippen LogP contribution in [0.1, 0.15) is 30.1 Å². The Hall–Kier alpha value is -1.43. The quantitative estimate of drug-likeness (QED) is 0.780. The maximum atomic E-state index is 11.6. The van der Waals surface area contributed by atoms with Gasteiger partial charge in [-0.25, -0.2) is 17.9 Å². The van der Waals surface area contributed by atoms with Gasteiger partial charge in [0.2, 0.25) is 0 Å². The summed E-state index contributed by atoms with van der Waals surface area (Å²) in [6, 6.07) is 3.91. The molecule has 1 saturated heterocycles. The summed E-state index contributed by atoms with van der Waals surface area (Å²) >= 11 is 0. The van der Waals surface area contributed by atoms with Gasteiger partial charge in [0.15, 0.2) is 21.3 Å². The first kappa shape index (κ1) is 11.6. The zero-order valence-electron chi connectivity index (χ0n) is 10.2. The third-order valence-electron chi connectivity index (χ3n) is 3.34. The van der Waals surface area contributed by atoms with Gasteiger partial charge in [-0.15, -0.1) is 0 Å². The molecule has 0 aromatic carbocycles. The molecule has 1 aliphatic rings. The van der Waals surface area contributed by atoms with Crippen LogP contribution in [0.4, 0.5) is 0 Å². The van der Waals surface area contributed by atoms with Crippen molar-refractivity contribution in [3.63, 3.8) is 0 Å². The van der Waals surface area contributed by atoms with Crippen LogP contribution >= 0.6 is 0 Å². The van der Waals surface area contributed by atoms with Gasteiger partial charge in [0, 0.05) is 12.1 Å². The highest BCUT2D eigenvalue weighted by Gasteiger charge is 2.28. The van der Waals surface area contributed by atoms with E-state index < -0.39 is 9.84 Å². The molecule has 3 heterocycles. The van der Waals surface area contributed by atoms with Crippen molar-refractivity contribution in [3.8, 4) is 0 Å². The smallest absolute Gasteiger partial charge is 0.155 e. The molecule has 5 nitrogen and oxygen atoms in total. The second-order valence-corrected chi connectivity index (χ2v) is 7.16. The Bertz CT molecular complexity index is 690. The Kier molecular flexibility index (Phi) is 2.62. The summed E-state index contributed by atoms with van der Waals surface area (Å²) < 4.78 is 25.0. The van der Waals surface area contributed by atoms with E-state index in [9.17, 15) is 8.42 Å². The van der Waals surface area contributed by atoms with Crippen LogP contribution in [-0.2, 0) is 9.84 Å². The van der Waals surface area contributed by atoms with E-state index in [4.69, 9.17) is 0 Å². The van der Waals surface area contributed by atoms with Gasteiger partial charge in [0.05, 0.1) is 11.5 Å². The topological polar surface area (TPSA) is 64.3 Å². The monoisotopic (exact) mass is 265 g/mol. The largest absolute Gasteiger partial charge is 0.229 e. The summed E-state index contributed by atoms with van der Waals surface area (Å²) in [5.74, 6) is 1.09. The van der Waals surface area contributed by atoms with Crippen molar-refractivity contribution in [2.75, 3.05) is 11.5 Å². The molecule has 1 atom stereocenters. The molecule has 0 amide bonds. The molecule has 18 heavy (non-hydrogen) atoms. The standard InChI is InChI=1S/C12H15N3O2S/c1-9-4-5-15-11(7-9)13-12(14-15)10-3-2-6-18(16,17)8-10/h4-5,7,10H,2-3,6,8H2,1H3. The first-order chi connectivity index (χ1) is 8.53. The van der Waals surface area contributed by atoms with E-state index >= 15 is 0 Å². The molecule has 0 spiro atoms. The van der Waals surface area contributed by atoms with E-state index in [0.29, 0.717) is 18.0 Å². The lowest BCUT2D eigenvalue weighted by molar-refractivity contribution is 0.543. The van der Waals surface area contributed by atoms with E-state index in [-0.39, 0.29) is 11.7 Å². The van der Waals surface area contributed by atoms with E-state index in [2.05, 4.69) is 10.1 Å². The predicted molar refractivity (Wildman–Crippen MR) is 68.4 cm³/mol. The first-order valence-corrected chi connectivity index (χ1v) is 7.89. The molecule has 0 aliphatic carbocycles. The first-order valence-electron chi connectivity index (χ1n) is 6.07. The molecule has 2 aromatic heterocycles. The number of hydrogen-bond acceptors (Lipinski definition) is 4. The van der Waals surface area contributed by atoms with Crippen molar-refractivity contribution >= 4 is 15.5 Å². The highest BCUT2D eigenvalue weighted by atomic mass is 32.2. The van der Waals surface area contributed by atoms with Gasteiger partial charge in [-0.2, -0.15) is 5.10 Å². The lowest BCUT2D eigenvalue weighted by atomic mass is 10.1. The van der Waals surface area contributed by atoms with Gasteiger partial charge >= 0.3 is 0 Å². The molecular weight excluding hydrogens is 250 g/mol. The minimum absolute atomic E-state index is 0.0519. The number of hydrogen-bond donors (Lipinski definition) is 0. The average Bonchev–Trinajstić information content (AvgIpc) is 2.70. The molecule has 6 heteroatoms. The molecular formula is C12H15N3O2S. The van der Waals surface area contributed by atoms with Crippen molar-refractivity contribution in [3.05, 3.63) is 29.7 Å². The zero-order chi connectivity index (χ0) is 12.8. The molecule has 0 saturated carbocycles. The maximum Gasteiger partial charge on any atom is 0.155 e. The van der Waals surface area contributed by atoms with Gasteiger partial charge in [0.1, 0.15) is 0 Å². The Morgan fingerprint density at radius 3 is 3.06 bits per heavy atom. The minimum Gasteiger partial charge on any atom is -0.229 e. The van der Waals surface area contributed by atoms with Crippen LogP contribution < -0.4 is 0 Å². The molecule has 96 valence electrons.